The minimum atomic E-state index is 0.0818. The molecule has 6 rings (SSSR count). The van der Waals surface area contributed by atoms with E-state index < -0.39 is 0 Å². The monoisotopic (exact) mass is 539 g/mol. The number of ether oxygens (including phenoxy) is 1. The standard InChI is InChI=1S/C32H37N5O3/c1-34-16-17-36(22-31(34)38)18-19-40-26-9-6-23(7-10-26)24-12-14-37(15-13-24)30-11-8-25(20-33-30)29-21-35(2)32(39)28-5-3-4-27(28)29/h3-4,6-11,20-21,24H,5,12-19,22H2,1-2H3. The maximum Gasteiger partial charge on any atom is 0.254 e. The van der Waals surface area contributed by atoms with Gasteiger partial charge in [0, 0.05) is 75.9 Å². The minimum absolute atomic E-state index is 0.0818. The van der Waals surface area contributed by atoms with E-state index in [-0.39, 0.29) is 11.5 Å². The molecule has 0 unspecified atom stereocenters. The number of hydrogen-bond acceptors (Lipinski definition) is 6. The molecule has 2 aromatic heterocycles. The summed E-state index contributed by atoms with van der Waals surface area (Å²) in [6.07, 6.45) is 10.8. The Hall–Kier alpha value is -3.91. The number of benzene rings is 1. The number of amides is 1. The van der Waals surface area contributed by atoms with Crippen LogP contribution >= 0.6 is 0 Å². The van der Waals surface area contributed by atoms with Gasteiger partial charge >= 0.3 is 0 Å². The number of allylic oxidation sites excluding steroid dienone is 1. The fraction of sp³-hybridized carbons (Fsp3) is 0.406. The lowest BCUT2D eigenvalue weighted by Crippen LogP contribution is -2.49. The van der Waals surface area contributed by atoms with Gasteiger partial charge in [-0.2, -0.15) is 0 Å². The molecule has 3 aromatic rings. The van der Waals surface area contributed by atoms with Crippen LogP contribution in [0.1, 0.15) is 35.4 Å². The molecule has 4 heterocycles. The van der Waals surface area contributed by atoms with Crippen LogP contribution in [-0.4, -0.2) is 78.2 Å². The molecule has 2 saturated heterocycles. The molecule has 1 amide bonds. The molecule has 8 heteroatoms. The number of piperidine rings is 1. The summed E-state index contributed by atoms with van der Waals surface area (Å²) in [7, 11) is 3.67. The van der Waals surface area contributed by atoms with Gasteiger partial charge in [-0.05, 0) is 60.6 Å². The summed E-state index contributed by atoms with van der Waals surface area (Å²) in [5.74, 6) is 2.59. The quantitative estimate of drug-likeness (QED) is 0.458. The molecule has 0 atom stereocenters. The molecule has 0 spiro atoms. The van der Waals surface area contributed by atoms with Crippen LogP contribution in [0.15, 0.2) is 59.7 Å². The van der Waals surface area contributed by atoms with Gasteiger partial charge in [0.2, 0.25) is 5.91 Å². The molecule has 2 aliphatic heterocycles. The summed E-state index contributed by atoms with van der Waals surface area (Å²) >= 11 is 0. The number of aryl methyl sites for hydroxylation is 1. The molecule has 3 aliphatic rings. The number of nitrogens with zero attached hydrogens (tertiary/aromatic N) is 5. The smallest absolute Gasteiger partial charge is 0.254 e. The first kappa shape index (κ1) is 26.3. The van der Waals surface area contributed by atoms with E-state index in [1.165, 1.54) is 5.56 Å². The third-order valence-corrected chi connectivity index (χ3v) is 8.56. The minimum Gasteiger partial charge on any atom is -0.492 e. The Bertz CT molecular complexity index is 1450. The van der Waals surface area contributed by atoms with E-state index in [0.717, 1.165) is 79.4 Å². The van der Waals surface area contributed by atoms with E-state index in [0.29, 0.717) is 25.5 Å². The first-order valence-electron chi connectivity index (χ1n) is 14.3. The highest BCUT2D eigenvalue weighted by Crippen LogP contribution is 2.33. The zero-order valence-electron chi connectivity index (χ0n) is 23.4. The molecule has 40 heavy (non-hydrogen) atoms. The summed E-state index contributed by atoms with van der Waals surface area (Å²) in [5, 5.41) is 0. The highest BCUT2D eigenvalue weighted by atomic mass is 16.5. The van der Waals surface area contributed by atoms with Crippen LogP contribution in [0.5, 0.6) is 5.75 Å². The summed E-state index contributed by atoms with van der Waals surface area (Å²) in [6.45, 7) is 5.45. The predicted molar refractivity (Wildman–Crippen MR) is 158 cm³/mol. The molecule has 0 N–H and O–H groups in total. The summed E-state index contributed by atoms with van der Waals surface area (Å²) < 4.78 is 7.64. The average molecular weight is 540 g/mol. The molecule has 1 aromatic carbocycles. The number of likely N-dealkylation sites (N-methyl/N-ethyl adjacent to an activating group) is 1. The number of hydrogen-bond donors (Lipinski definition) is 0. The first-order valence-corrected chi connectivity index (χ1v) is 14.3. The van der Waals surface area contributed by atoms with Gasteiger partial charge in [0.05, 0.1) is 6.54 Å². The lowest BCUT2D eigenvalue weighted by molar-refractivity contribution is -0.134. The Kier molecular flexibility index (Phi) is 7.43. The van der Waals surface area contributed by atoms with Crippen molar-refractivity contribution < 1.29 is 9.53 Å². The van der Waals surface area contributed by atoms with Crippen LogP contribution in [-0.2, 0) is 18.3 Å². The highest BCUT2D eigenvalue weighted by Gasteiger charge is 2.23. The predicted octanol–water partition coefficient (Wildman–Crippen LogP) is 3.55. The first-order chi connectivity index (χ1) is 19.5. The maximum absolute atomic E-state index is 12.4. The summed E-state index contributed by atoms with van der Waals surface area (Å²) in [6, 6.07) is 12.8. The van der Waals surface area contributed by atoms with Crippen LogP contribution in [0.3, 0.4) is 0 Å². The Morgan fingerprint density at radius 1 is 0.975 bits per heavy atom. The normalized spacial score (nSPS) is 17.9. The van der Waals surface area contributed by atoms with Crippen molar-refractivity contribution in [2.45, 2.75) is 25.2 Å². The van der Waals surface area contributed by atoms with Gasteiger partial charge in [-0.3, -0.25) is 14.5 Å². The number of carbonyl (C=O) groups is 1. The van der Waals surface area contributed by atoms with Crippen LogP contribution in [0.2, 0.25) is 0 Å². The second-order valence-electron chi connectivity index (χ2n) is 11.1. The Balaban J connectivity index is 1.01. The number of aromatic nitrogens is 2. The fourth-order valence-electron chi connectivity index (χ4n) is 6.03. The van der Waals surface area contributed by atoms with Gasteiger partial charge in [0.15, 0.2) is 0 Å². The third-order valence-electron chi connectivity index (χ3n) is 8.56. The van der Waals surface area contributed by atoms with E-state index in [4.69, 9.17) is 9.72 Å². The van der Waals surface area contributed by atoms with Gasteiger partial charge in [0.25, 0.3) is 5.56 Å². The zero-order chi connectivity index (χ0) is 27.6. The van der Waals surface area contributed by atoms with E-state index in [1.54, 1.807) is 9.47 Å². The molecule has 8 nitrogen and oxygen atoms in total. The SMILES string of the molecule is CN1CCN(CCOc2ccc(C3CCN(c4ccc(-c5cn(C)c(=O)c6c5C=CC6)cn4)CC3)cc2)CC1=O. The Morgan fingerprint density at radius 2 is 1.77 bits per heavy atom. The van der Waals surface area contributed by atoms with Crippen molar-refractivity contribution in [2.75, 3.05) is 57.8 Å². The zero-order valence-corrected chi connectivity index (χ0v) is 23.4. The number of fused-ring (bicyclic) bond motifs is 1. The topological polar surface area (TPSA) is 70.9 Å². The summed E-state index contributed by atoms with van der Waals surface area (Å²) in [5.41, 5.74) is 5.44. The van der Waals surface area contributed by atoms with Gasteiger partial charge in [-0.25, -0.2) is 4.98 Å². The Morgan fingerprint density at radius 3 is 2.50 bits per heavy atom. The Labute approximate surface area is 235 Å². The van der Waals surface area contributed by atoms with Gasteiger partial charge in [0.1, 0.15) is 18.2 Å². The van der Waals surface area contributed by atoms with Crippen molar-refractivity contribution in [3.8, 4) is 16.9 Å². The molecular weight excluding hydrogens is 502 g/mol. The van der Waals surface area contributed by atoms with E-state index in [1.807, 2.05) is 26.5 Å². The number of carbonyl (C=O) groups excluding carboxylic acids is 1. The lowest BCUT2D eigenvalue weighted by atomic mass is 9.89. The van der Waals surface area contributed by atoms with Gasteiger partial charge < -0.3 is 19.1 Å². The van der Waals surface area contributed by atoms with Crippen molar-refractivity contribution in [1.29, 1.82) is 0 Å². The second-order valence-corrected chi connectivity index (χ2v) is 11.1. The number of anilines is 1. The van der Waals surface area contributed by atoms with E-state index >= 15 is 0 Å². The second kappa shape index (κ2) is 11.3. The van der Waals surface area contributed by atoms with Crippen LogP contribution in [0.4, 0.5) is 5.82 Å². The van der Waals surface area contributed by atoms with Crippen molar-refractivity contribution in [2.24, 2.45) is 7.05 Å². The molecule has 0 bridgehead atoms. The largest absolute Gasteiger partial charge is 0.492 e. The van der Waals surface area contributed by atoms with Crippen molar-refractivity contribution in [3.05, 3.63) is 81.9 Å². The van der Waals surface area contributed by atoms with Crippen molar-refractivity contribution in [1.82, 2.24) is 19.4 Å². The average Bonchev–Trinajstić information content (AvgIpc) is 3.48. The molecular formula is C32H37N5O3. The molecule has 2 fully saturated rings. The van der Waals surface area contributed by atoms with Crippen LogP contribution in [0.25, 0.3) is 17.2 Å². The van der Waals surface area contributed by atoms with Gasteiger partial charge in [-0.15, -0.1) is 0 Å². The third kappa shape index (κ3) is 5.41. The number of pyridine rings is 2. The maximum atomic E-state index is 12.4. The molecule has 0 saturated carbocycles. The van der Waals surface area contributed by atoms with E-state index in [2.05, 4.69) is 58.4 Å². The van der Waals surface area contributed by atoms with Crippen LogP contribution < -0.4 is 15.2 Å². The lowest BCUT2D eigenvalue weighted by Gasteiger charge is -2.33. The summed E-state index contributed by atoms with van der Waals surface area (Å²) in [4.78, 5) is 35.4. The van der Waals surface area contributed by atoms with Crippen molar-refractivity contribution >= 4 is 17.8 Å². The molecule has 0 radical (unpaired) electrons. The number of rotatable bonds is 7. The highest BCUT2D eigenvalue weighted by molar-refractivity contribution is 5.79. The van der Waals surface area contributed by atoms with E-state index in [9.17, 15) is 9.59 Å². The number of piperazine rings is 1. The molecule has 1 aliphatic carbocycles. The fourth-order valence-corrected chi connectivity index (χ4v) is 6.03. The van der Waals surface area contributed by atoms with Crippen LogP contribution in [0, 0.1) is 0 Å². The van der Waals surface area contributed by atoms with Crippen molar-refractivity contribution in [3.63, 3.8) is 0 Å². The van der Waals surface area contributed by atoms with Gasteiger partial charge in [-0.1, -0.05) is 24.3 Å². The molecule has 208 valence electrons.